The minimum absolute atomic E-state index is 0.238. The summed E-state index contributed by atoms with van der Waals surface area (Å²) in [5, 5.41) is 14.3. The van der Waals surface area contributed by atoms with E-state index in [4.69, 9.17) is 9.84 Å². The van der Waals surface area contributed by atoms with Crippen molar-refractivity contribution >= 4 is 17.3 Å². The molecular weight excluding hydrogens is 274 g/mol. The first kappa shape index (κ1) is 14.6. The highest BCUT2D eigenvalue weighted by Gasteiger charge is 2.06. The van der Waals surface area contributed by atoms with Crippen LogP contribution in [0.1, 0.15) is 28.2 Å². The molecule has 0 radical (unpaired) electrons. The van der Waals surface area contributed by atoms with Gasteiger partial charge in [0.05, 0.1) is 5.56 Å². The van der Waals surface area contributed by atoms with Crippen molar-refractivity contribution in [2.75, 3.05) is 13.2 Å². The quantitative estimate of drug-likeness (QED) is 0.769. The lowest BCUT2D eigenvalue weighted by molar-refractivity contribution is 0.0696. The van der Waals surface area contributed by atoms with Crippen molar-refractivity contribution in [3.8, 4) is 5.75 Å². The number of aromatic carboxylic acids is 1. The molecule has 0 spiro atoms. The molecule has 0 amide bonds. The second-order valence-electron chi connectivity index (χ2n) is 4.37. The maximum atomic E-state index is 10.8. The molecule has 0 aliphatic heterocycles. The average Bonchev–Trinajstić information content (AvgIpc) is 2.98. The third-order valence-corrected chi connectivity index (χ3v) is 3.93. The van der Waals surface area contributed by atoms with Crippen LogP contribution in [-0.2, 0) is 0 Å². The van der Waals surface area contributed by atoms with Gasteiger partial charge in [-0.1, -0.05) is 12.1 Å². The van der Waals surface area contributed by atoms with E-state index in [-0.39, 0.29) is 5.56 Å². The molecule has 0 fully saturated rings. The van der Waals surface area contributed by atoms with Gasteiger partial charge in [-0.15, -0.1) is 11.3 Å². The first-order valence-electron chi connectivity index (χ1n) is 6.40. The Morgan fingerprint density at radius 2 is 2.25 bits per heavy atom. The van der Waals surface area contributed by atoms with E-state index in [0.717, 1.165) is 0 Å². The molecule has 2 N–H and O–H groups in total. The smallest absolute Gasteiger partial charge is 0.335 e. The molecule has 0 saturated heterocycles. The molecule has 0 aliphatic rings. The SMILES string of the molecule is C[C@@H](NCCOc1cccc(C(=O)O)c1)c1cccs1. The van der Waals surface area contributed by atoms with E-state index in [1.807, 2.05) is 6.07 Å². The normalized spacial score (nSPS) is 12.1. The Labute approximate surface area is 122 Å². The van der Waals surface area contributed by atoms with Gasteiger partial charge in [0.15, 0.2) is 0 Å². The number of nitrogens with one attached hydrogen (secondary N) is 1. The van der Waals surface area contributed by atoms with Gasteiger partial charge in [-0.3, -0.25) is 0 Å². The summed E-state index contributed by atoms with van der Waals surface area (Å²) in [6.45, 7) is 3.31. The van der Waals surface area contributed by atoms with Crippen LogP contribution in [-0.4, -0.2) is 24.2 Å². The fraction of sp³-hybridized carbons (Fsp3) is 0.267. The molecule has 0 saturated carbocycles. The second kappa shape index (κ2) is 7.07. The lowest BCUT2D eigenvalue weighted by Gasteiger charge is -2.12. The topological polar surface area (TPSA) is 58.6 Å². The number of hydrogen-bond donors (Lipinski definition) is 2. The number of rotatable bonds is 7. The number of ether oxygens (including phenoxy) is 1. The summed E-state index contributed by atoms with van der Waals surface area (Å²) < 4.78 is 5.54. The van der Waals surface area contributed by atoms with Gasteiger partial charge in [-0.05, 0) is 36.6 Å². The van der Waals surface area contributed by atoms with Crippen LogP contribution >= 0.6 is 11.3 Å². The van der Waals surface area contributed by atoms with Crippen LogP contribution in [0.4, 0.5) is 0 Å². The van der Waals surface area contributed by atoms with E-state index in [0.29, 0.717) is 24.9 Å². The van der Waals surface area contributed by atoms with E-state index < -0.39 is 5.97 Å². The standard InChI is InChI=1S/C15H17NO3S/c1-11(14-6-3-9-20-14)16-7-8-19-13-5-2-4-12(10-13)15(17)18/h2-6,9-11,16H,7-8H2,1H3,(H,17,18)/t11-/m1/s1. The molecule has 0 bridgehead atoms. The summed E-state index contributed by atoms with van der Waals surface area (Å²) in [5.74, 6) is -0.365. The minimum Gasteiger partial charge on any atom is -0.492 e. The van der Waals surface area contributed by atoms with E-state index >= 15 is 0 Å². The van der Waals surface area contributed by atoms with Gasteiger partial charge in [0.25, 0.3) is 0 Å². The number of hydrogen-bond acceptors (Lipinski definition) is 4. The molecule has 0 unspecified atom stereocenters. The van der Waals surface area contributed by atoms with Crippen LogP contribution in [0.5, 0.6) is 5.75 Å². The molecule has 2 aromatic rings. The van der Waals surface area contributed by atoms with Gasteiger partial charge in [0.2, 0.25) is 0 Å². The van der Waals surface area contributed by atoms with Crippen molar-refractivity contribution < 1.29 is 14.6 Å². The summed E-state index contributed by atoms with van der Waals surface area (Å²) in [4.78, 5) is 12.1. The first-order chi connectivity index (χ1) is 9.66. The van der Waals surface area contributed by atoms with Gasteiger partial charge in [-0.25, -0.2) is 4.79 Å². The number of carbonyl (C=O) groups is 1. The molecule has 1 heterocycles. The van der Waals surface area contributed by atoms with Gasteiger partial charge in [0.1, 0.15) is 12.4 Å². The summed E-state index contributed by atoms with van der Waals surface area (Å²) in [7, 11) is 0. The molecule has 20 heavy (non-hydrogen) atoms. The summed E-state index contributed by atoms with van der Waals surface area (Å²) in [6.07, 6.45) is 0. The van der Waals surface area contributed by atoms with Gasteiger partial charge in [0, 0.05) is 17.5 Å². The van der Waals surface area contributed by atoms with E-state index in [9.17, 15) is 4.79 Å². The third kappa shape index (κ3) is 4.08. The maximum absolute atomic E-state index is 10.8. The summed E-state index contributed by atoms with van der Waals surface area (Å²) in [5.41, 5.74) is 0.238. The zero-order valence-electron chi connectivity index (χ0n) is 11.2. The Bertz CT molecular complexity index is 554. The van der Waals surface area contributed by atoms with Crippen molar-refractivity contribution in [1.29, 1.82) is 0 Å². The van der Waals surface area contributed by atoms with Crippen LogP contribution in [0.3, 0.4) is 0 Å². The summed E-state index contributed by atoms with van der Waals surface area (Å²) in [6, 6.07) is 10.9. The van der Waals surface area contributed by atoms with Crippen LogP contribution in [0, 0.1) is 0 Å². The Hall–Kier alpha value is -1.85. The van der Waals surface area contributed by atoms with Crippen molar-refractivity contribution in [2.24, 2.45) is 0 Å². The molecule has 1 atom stereocenters. The Morgan fingerprint density at radius 1 is 1.40 bits per heavy atom. The fourth-order valence-electron chi connectivity index (χ4n) is 1.80. The van der Waals surface area contributed by atoms with Crippen LogP contribution in [0.2, 0.25) is 0 Å². The molecule has 4 nitrogen and oxygen atoms in total. The van der Waals surface area contributed by atoms with Crippen molar-refractivity contribution in [2.45, 2.75) is 13.0 Å². The first-order valence-corrected chi connectivity index (χ1v) is 7.27. The third-order valence-electron chi connectivity index (χ3n) is 2.87. The number of benzene rings is 1. The van der Waals surface area contributed by atoms with Gasteiger partial charge >= 0.3 is 5.97 Å². The average molecular weight is 291 g/mol. The molecule has 0 aliphatic carbocycles. The Balaban J connectivity index is 1.76. The van der Waals surface area contributed by atoms with E-state index in [1.165, 1.54) is 10.9 Å². The Kier molecular flexibility index (Phi) is 5.15. The zero-order chi connectivity index (χ0) is 14.4. The number of carboxylic acids is 1. The van der Waals surface area contributed by atoms with E-state index in [1.54, 1.807) is 29.5 Å². The highest BCUT2D eigenvalue weighted by molar-refractivity contribution is 7.10. The highest BCUT2D eigenvalue weighted by Crippen LogP contribution is 2.18. The van der Waals surface area contributed by atoms with Crippen molar-refractivity contribution in [3.05, 3.63) is 52.2 Å². The number of carboxylic acid groups (broad SMARTS) is 1. The molecule has 5 heteroatoms. The molecule has 2 rings (SSSR count). The largest absolute Gasteiger partial charge is 0.492 e. The van der Waals surface area contributed by atoms with Crippen molar-refractivity contribution in [3.63, 3.8) is 0 Å². The lowest BCUT2D eigenvalue weighted by atomic mass is 10.2. The molecular formula is C15H17NO3S. The zero-order valence-corrected chi connectivity index (χ0v) is 12.0. The molecule has 1 aromatic carbocycles. The minimum atomic E-state index is -0.945. The lowest BCUT2D eigenvalue weighted by Crippen LogP contribution is -2.23. The second-order valence-corrected chi connectivity index (χ2v) is 5.35. The van der Waals surface area contributed by atoms with Crippen LogP contribution in [0.15, 0.2) is 41.8 Å². The van der Waals surface area contributed by atoms with Crippen molar-refractivity contribution in [1.82, 2.24) is 5.32 Å². The Morgan fingerprint density at radius 3 is 2.95 bits per heavy atom. The van der Waals surface area contributed by atoms with Gasteiger partial charge < -0.3 is 15.2 Å². The fourth-order valence-corrected chi connectivity index (χ4v) is 2.56. The maximum Gasteiger partial charge on any atom is 0.335 e. The van der Waals surface area contributed by atoms with Gasteiger partial charge in [-0.2, -0.15) is 0 Å². The van der Waals surface area contributed by atoms with Crippen LogP contribution in [0.25, 0.3) is 0 Å². The predicted molar refractivity (Wildman–Crippen MR) is 79.6 cm³/mol. The monoisotopic (exact) mass is 291 g/mol. The predicted octanol–water partition coefficient (Wildman–Crippen LogP) is 3.18. The summed E-state index contributed by atoms with van der Waals surface area (Å²) >= 11 is 1.72. The van der Waals surface area contributed by atoms with E-state index in [2.05, 4.69) is 23.7 Å². The molecule has 106 valence electrons. The highest BCUT2D eigenvalue weighted by atomic mass is 32.1. The number of thiophene rings is 1. The molecule has 1 aromatic heterocycles. The van der Waals surface area contributed by atoms with Crippen LogP contribution < -0.4 is 10.1 Å².